The van der Waals surface area contributed by atoms with E-state index in [1.165, 1.54) is 76.0 Å². The van der Waals surface area contributed by atoms with E-state index in [4.69, 9.17) is 0 Å². The number of hydrogen-bond acceptors (Lipinski definition) is 2. The first-order valence-corrected chi connectivity index (χ1v) is 21.7. The van der Waals surface area contributed by atoms with Gasteiger partial charge in [0.25, 0.3) is 6.71 Å². The van der Waals surface area contributed by atoms with Crippen LogP contribution in [0, 0.1) is 22.7 Å². The van der Waals surface area contributed by atoms with Gasteiger partial charge in [0.05, 0.1) is 56.4 Å². The summed E-state index contributed by atoms with van der Waals surface area (Å²) < 4.78 is 7.38. The topological polar surface area (TPSA) is 62.4 Å². The van der Waals surface area contributed by atoms with Crippen molar-refractivity contribution in [2.24, 2.45) is 0 Å². The lowest BCUT2D eigenvalue weighted by atomic mass is 9.34. The number of benzene rings is 10. The van der Waals surface area contributed by atoms with Crippen LogP contribution in [-0.4, -0.2) is 20.4 Å². The summed E-state index contributed by atoms with van der Waals surface area (Å²) in [7, 11) is 0. The van der Waals surface area contributed by atoms with Crippen molar-refractivity contribution in [2.75, 3.05) is 0 Å². The molecule has 0 spiro atoms. The third kappa shape index (κ3) is 4.13. The van der Waals surface area contributed by atoms with Crippen LogP contribution in [0.3, 0.4) is 0 Å². The molecule has 15 rings (SSSR count). The Kier molecular flexibility index (Phi) is 6.32. The molecule has 2 aliphatic rings. The Bertz CT molecular complexity index is 4200. The number of hydrogen-bond donors (Lipinski definition) is 0. The van der Waals surface area contributed by atoms with Gasteiger partial charge in [0.15, 0.2) is 0 Å². The van der Waals surface area contributed by atoms with E-state index < -0.39 is 0 Å². The number of para-hydroxylation sites is 2. The molecule has 0 atom stereocenters. The summed E-state index contributed by atoms with van der Waals surface area (Å²) in [6.07, 6.45) is 0. The van der Waals surface area contributed by atoms with Crippen molar-refractivity contribution in [2.45, 2.75) is 0 Å². The van der Waals surface area contributed by atoms with Crippen molar-refractivity contribution >= 4 is 110 Å². The highest BCUT2D eigenvalue weighted by molar-refractivity contribution is 7.00. The molecule has 0 amide bonds. The van der Waals surface area contributed by atoms with Crippen molar-refractivity contribution in [1.82, 2.24) is 13.7 Å². The Balaban J connectivity index is 1.15. The normalized spacial score (nSPS) is 12.6. The van der Waals surface area contributed by atoms with Crippen LogP contribution in [0.4, 0.5) is 0 Å². The van der Waals surface area contributed by atoms with E-state index >= 15 is 0 Å². The maximum absolute atomic E-state index is 10.3. The molecule has 0 aliphatic carbocycles. The van der Waals surface area contributed by atoms with Gasteiger partial charge < -0.3 is 13.7 Å². The maximum atomic E-state index is 10.3. The van der Waals surface area contributed by atoms with Crippen LogP contribution in [0.1, 0.15) is 11.1 Å². The molecular formula is C58H30BN5. The molecule has 0 unspecified atom stereocenters. The van der Waals surface area contributed by atoms with Gasteiger partial charge in [-0.1, -0.05) is 109 Å². The summed E-state index contributed by atoms with van der Waals surface area (Å²) in [5.41, 5.74) is 17.5. The molecule has 0 radical (unpaired) electrons. The van der Waals surface area contributed by atoms with Crippen LogP contribution < -0.4 is 16.4 Å². The van der Waals surface area contributed by atoms with Crippen LogP contribution in [0.15, 0.2) is 182 Å². The van der Waals surface area contributed by atoms with Crippen molar-refractivity contribution in [3.8, 4) is 40.3 Å². The molecule has 13 aromatic rings. The predicted octanol–water partition coefficient (Wildman–Crippen LogP) is 11.8. The molecule has 2 aliphatic heterocycles. The highest BCUT2D eigenvalue weighted by atomic mass is 15.0. The molecule has 10 aromatic carbocycles. The maximum Gasteiger partial charge on any atom is 0.252 e. The van der Waals surface area contributed by atoms with Gasteiger partial charge in [-0.25, -0.2) is 0 Å². The minimum Gasteiger partial charge on any atom is -0.310 e. The van der Waals surface area contributed by atoms with Crippen molar-refractivity contribution in [3.63, 3.8) is 0 Å². The van der Waals surface area contributed by atoms with E-state index in [1.54, 1.807) is 0 Å². The summed E-state index contributed by atoms with van der Waals surface area (Å²) in [6, 6.07) is 70.7. The van der Waals surface area contributed by atoms with Gasteiger partial charge in [-0.2, -0.15) is 10.5 Å². The van der Waals surface area contributed by atoms with Gasteiger partial charge in [-0.3, -0.25) is 0 Å². The van der Waals surface area contributed by atoms with Crippen LogP contribution in [0.2, 0.25) is 0 Å². The van der Waals surface area contributed by atoms with Gasteiger partial charge in [0, 0.05) is 49.4 Å². The monoisotopic (exact) mass is 807 g/mol. The number of nitriles is 2. The van der Waals surface area contributed by atoms with Crippen LogP contribution in [-0.2, 0) is 0 Å². The average Bonchev–Trinajstić information content (AvgIpc) is 4.00. The first-order valence-electron chi connectivity index (χ1n) is 21.7. The van der Waals surface area contributed by atoms with Crippen LogP contribution >= 0.6 is 0 Å². The third-order valence-electron chi connectivity index (χ3n) is 14.4. The van der Waals surface area contributed by atoms with E-state index in [0.717, 1.165) is 55.5 Å². The van der Waals surface area contributed by atoms with Crippen molar-refractivity contribution in [1.29, 1.82) is 10.5 Å². The molecule has 0 bridgehead atoms. The van der Waals surface area contributed by atoms with E-state index in [1.807, 2.05) is 12.1 Å². The smallest absolute Gasteiger partial charge is 0.252 e. The first-order chi connectivity index (χ1) is 31.7. The fourth-order valence-corrected chi connectivity index (χ4v) is 11.9. The van der Waals surface area contributed by atoms with E-state index in [9.17, 15) is 10.5 Å². The molecule has 64 heavy (non-hydrogen) atoms. The summed E-state index contributed by atoms with van der Waals surface area (Å²) >= 11 is 0. The summed E-state index contributed by atoms with van der Waals surface area (Å²) in [4.78, 5) is 0. The SMILES string of the molecule is N#Cc1ccc2c(c1)c1c3ccccc3cc3c1n2-c1cc(-c2ccc4c5ccccc5n(-c5ccccc5)c4c2)cc2c1B3c1cc3ccccc3c3c4cc(C#N)ccc4n-2c13. The Hall–Kier alpha value is -8.84. The predicted molar refractivity (Wildman–Crippen MR) is 264 cm³/mol. The Morgan fingerprint density at radius 2 is 0.891 bits per heavy atom. The summed E-state index contributed by atoms with van der Waals surface area (Å²) in [5, 5.41) is 32.2. The van der Waals surface area contributed by atoms with Gasteiger partial charge >= 0.3 is 0 Å². The van der Waals surface area contributed by atoms with E-state index in [-0.39, 0.29) is 6.71 Å². The number of aromatic nitrogens is 3. The van der Waals surface area contributed by atoms with Crippen LogP contribution in [0.5, 0.6) is 0 Å². The fraction of sp³-hybridized carbons (Fsp3) is 0. The second-order valence-corrected chi connectivity index (χ2v) is 17.5. The third-order valence-corrected chi connectivity index (χ3v) is 14.4. The van der Waals surface area contributed by atoms with Crippen molar-refractivity contribution in [3.05, 3.63) is 193 Å². The average molecular weight is 808 g/mol. The molecule has 0 N–H and O–H groups in total. The minimum absolute atomic E-state index is 0.0964. The number of nitrogens with zero attached hydrogens (tertiary/aromatic N) is 5. The molecule has 6 heteroatoms. The molecule has 290 valence electrons. The summed E-state index contributed by atoms with van der Waals surface area (Å²) in [6.45, 7) is -0.0964. The lowest BCUT2D eigenvalue weighted by molar-refractivity contribution is 1.14. The largest absolute Gasteiger partial charge is 0.310 e. The highest BCUT2D eigenvalue weighted by Gasteiger charge is 2.42. The lowest BCUT2D eigenvalue weighted by Gasteiger charge is -2.34. The van der Waals surface area contributed by atoms with Crippen molar-refractivity contribution < 1.29 is 0 Å². The Labute approximate surface area is 366 Å². The zero-order chi connectivity index (χ0) is 41.9. The van der Waals surface area contributed by atoms with Gasteiger partial charge in [-0.15, -0.1) is 0 Å². The molecular weight excluding hydrogens is 777 g/mol. The fourth-order valence-electron chi connectivity index (χ4n) is 11.9. The second-order valence-electron chi connectivity index (χ2n) is 17.5. The molecule has 3 aromatic heterocycles. The Morgan fingerprint density at radius 1 is 0.375 bits per heavy atom. The zero-order valence-corrected chi connectivity index (χ0v) is 34.1. The zero-order valence-electron chi connectivity index (χ0n) is 34.1. The minimum atomic E-state index is -0.0964. The van der Waals surface area contributed by atoms with E-state index in [2.05, 4.69) is 196 Å². The molecule has 0 fully saturated rings. The Morgan fingerprint density at radius 3 is 1.48 bits per heavy atom. The second kappa shape index (κ2) is 12.0. The van der Waals surface area contributed by atoms with Gasteiger partial charge in [0.1, 0.15) is 0 Å². The molecule has 5 nitrogen and oxygen atoms in total. The standard InChI is InChI=1S/C58H30BN5/c60-31-33-18-22-49-44(24-33)54-40-14-6-4-10-36(40)26-46-57(54)63(49)52-29-38(35-20-21-43-42-16-8-9-17-48(42)62(51(43)28-35)39-12-2-1-3-13-39)30-53-56(52)59(46)47-27-37-11-5-7-15-41(37)55-45-25-34(32-61)19-23-50(45)64(53)58(47)55/h1-30H. The first kappa shape index (κ1) is 33.8. The van der Waals surface area contributed by atoms with Gasteiger partial charge in [-0.05, 0) is 122 Å². The molecule has 0 saturated heterocycles. The van der Waals surface area contributed by atoms with E-state index in [0.29, 0.717) is 11.1 Å². The summed E-state index contributed by atoms with van der Waals surface area (Å²) in [5.74, 6) is 0. The number of rotatable bonds is 2. The molecule has 0 saturated carbocycles. The van der Waals surface area contributed by atoms with Crippen LogP contribution in [0.25, 0.3) is 115 Å². The lowest BCUT2D eigenvalue weighted by Crippen LogP contribution is -2.59. The quantitative estimate of drug-likeness (QED) is 0.163. The highest BCUT2D eigenvalue weighted by Crippen LogP contribution is 2.45. The van der Waals surface area contributed by atoms with Gasteiger partial charge in [0.2, 0.25) is 0 Å². The molecule has 5 heterocycles. The number of fused-ring (bicyclic) bond motifs is 17.